The molecule has 0 N–H and O–H groups in total. The monoisotopic (exact) mass is 466 g/mol. The van der Waals surface area contributed by atoms with Crippen LogP contribution >= 0.6 is 37.7 Å². The number of hydrogen-bond donors (Lipinski definition) is 0. The van der Waals surface area contributed by atoms with Gasteiger partial charge in [-0.05, 0) is 23.8 Å². The predicted molar refractivity (Wildman–Crippen MR) is 105 cm³/mol. The van der Waals surface area contributed by atoms with Gasteiger partial charge in [0.25, 0.3) is 0 Å². The molecule has 0 heterocycles. The summed E-state index contributed by atoms with van der Waals surface area (Å²) in [5.74, 6) is 0. The van der Waals surface area contributed by atoms with E-state index in [1.54, 1.807) is 0 Å². The normalized spacial score (nSPS) is 9.52. The summed E-state index contributed by atoms with van der Waals surface area (Å²) < 4.78 is 0. The van der Waals surface area contributed by atoms with E-state index in [9.17, 15) is 0 Å². The first-order valence-corrected chi connectivity index (χ1v) is 11.1. The van der Waals surface area contributed by atoms with Gasteiger partial charge in [0.15, 0.2) is 0 Å². The van der Waals surface area contributed by atoms with Gasteiger partial charge in [-0.3, -0.25) is 0 Å². The molecule has 0 saturated heterocycles. The Bertz CT molecular complexity index is 558. The molecule has 0 aliphatic rings. The zero-order chi connectivity index (χ0) is 15.6. The Morgan fingerprint density at radius 2 is 0.739 bits per heavy atom. The molecule has 3 aromatic carbocycles. The van der Waals surface area contributed by atoms with E-state index in [1.165, 1.54) is 15.9 Å². The van der Waals surface area contributed by atoms with Gasteiger partial charge >= 0.3 is 0 Å². The summed E-state index contributed by atoms with van der Waals surface area (Å²) in [6.07, 6.45) is 0. The first-order valence-electron chi connectivity index (χ1n) is 6.78. The number of rotatable bonds is 3. The van der Waals surface area contributed by atoms with Crippen LogP contribution in [0.3, 0.4) is 0 Å². The Kier molecular flexibility index (Phi) is 11.0. The second-order valence-electron chi connectivity index (χ2n) is 4.41. The summed E-state index contributed by atoms with van der Waals surface area (Å²) in [5.41, 5.74) is 0. The first-order chi connectivity index (χ1) is 10.9. The molecule has 5 heteroatoms. The molecule has 0 aliphatic heterocycles. The average molecular weight is 466 g/mol. The fourth-order valence-corrected chi connectivity index (χ4v) is 4.48. The summed E-state index contributed by atoms with van der Waals surface area (Å²) in [4.78, 5) is 0. The van der Waals surface area contributed by atoms with Gasteiger partial charge in [-0.15, -0.1) is 0 Å². The van der Waals surface area contributed by atoms with E-state index in [1.807, 2.05) is 0 Å². The van der Waals surface area contributed by atoms with Gasteiger partial charge in [0.1, 0.15) is 0 Å². The van der Waals surface area contributed by atoms with Crippen LogP contribution in [0.5, 0.6) is 0 Å². The summed E-state index contributed by atoms with van der Waals surface area (Å²) in [5, 5.41) is 4.19. The average Bonchev–Trinajstić information content (AvgIpc) is 2.59. The van der Waals surface area contributed by atoms with Crippen molar-refractivity contribution in [2.24, 2.45) is 0 Å². The van der Waals surface area contributed by atoms with Crippen LogP contribution in [-0.4, -0.2) is 0 Å². The summed E-state index contributed by atoms with van der Waals surface area (Å²) in [6, 6.07) is 32.3. The molecule has 0 nitrogen and oxygen atoms in total. The van der Waals surface area contributed by atoms with Crippen LogP contribution in [0.15, 0.2) is 91.0 Å². The van der Waals surface area contributed by atoms with Gasteiger partial charge in [0.2, 0.25) is 0 Å². The van der Waals surface area contributed by atoms with Crippen LogP contribution < -0.4 is 15.9 Å². The molecule has 0 saturated carbocycles. The largest absolute Gasteiger partial charge is 0.0818 e. The molecule has 23 heavy (non-hydrogen) atoms. The van der Waals surface area contributed by atoms with Crippen LogP contribution in [0.25, 0.3) is 0 Å². The van der Waals surface area contributed by atoms with E-state index < -0.39 is 7.92 Å². The van der Waals surface area contributed by atoms with Gasteiger partial charge in [-0.1, -0.05) is 113 Å². The minimum Gasteiger partial charge on any atom is -0.0818 e. The molecule has 0 radical (unpaired) electrons. The van der Waals surface area contributed by atoms with Crippen molar-refractivity contribution >= 4 is 53.6 Å². The second-order valence-corrected chi connectivity index (χ2v) is 8.49. The van der Waals surface area contributed by atoms with Crippen molar-refractivity contribution in [2.75, 3.05) is 0 Å². The summed E-state index contributed by atoms with van der Waals surface area (Å²) >= 11 is 9.58. The van der Waals surface area contributed by atoms with E-state index >= 15 is 0 Å². The third-order valence-electron chi connectivity index (χ3n) is 3.04. The van der Waals surface area contributed by atoms with Crippen molar-refractivity contribution in [3.63, 3.8) is 0 Å². The Morgan fingerprint density at radius 1 is 0.522 bits per heavy atom. The zero-order valence-electron chi connectivity index (χ0n) is 12.2. The van der Waals surface area contributed by atoms with Gasteiger partial charge < -0.3 is 0 Å². The molecule has 0 aliphatic carbocycles. The topological polar surface area (TPSA) is 0 Å². The minimum absolute atomic E-state index is 0. The summed E-state index contributed by atoms with van der Waals surface area (Å²) in [7, 11) is -0.418. The Labute approximate surface area is 163 Å². The Morgan fingerprint density at radius 3 is 0.957 bits per heavy atom. The quantitative estimate of drug-likeness (QED) is 0.358. The van der Waals surface area contributed by atoms with Crippen LogP contribution in [0, 0.1) is 0 Å². The first kappa shape index (κ1) is 20.8. The van der Waals surface area contributed by atoms with Crippen molar-refractivity contribution in [3.05, 3.63) is 91.0 Å². The third-order valence-corrected chi connectivity index (χ3v) is 5.49. The van der Waals surface area contributed by atoms with Crippen molar-refractivity contribution in [2.45, 2.75) is 0 Å². The summed E-state index contributed by atoms with van der Waals surface area (Å²) in [6.45, 7) is 0. The molecule has 0 atom stereocenters. The smallest absolute Gasteiger partial charge is 0.0713 e. The molecule has 0 aromatic heterocycles. The van der Waals surface area contributed by atoms with Gasteiger partial charge in [-0.2, -0.15) is 0 Å². The molecule has 3 aromatic rings. The fraction of sp³-hybridized carbons (Fsp3) is 0. The van der Waals surface area contributed by atoms with Crippen LogP contribution in [0.1, 0.15) is 0 Å². The molecule has 0 fully saturated rings. The fourth-order valence-electron chi connectivity index (χ4n) is 2.18. The van der Waals surface area contributed by atoms with E-state index in [2.05, 4.69) is 91.0 Å². The van der Waals surface area contributed by atoms with E-state index in [0.29, 0.717) is 0 Å². The number of halogens is 2. The third kappa shape index (κ3) is 6.62. The van der Waals surface area contributed by atoms with Crippen molar-refractivity contribution in [3.8, 4) is 0 Å². The zero-order valence-corrected chi connectivity index (χ0v) is 17.4. The Hall–Kier alpha value is -0.277. The van der Waals surface area contributed by atoms with Gasteiger partial charge in [-0.25, -0.2) is 0 Å². The van der Waals surface area contributed by atoms with Crippen LogP contribution in [-0.2, 0) is 19.5 Å². The van der Waals surface area contributed by atoms with Crippen LogP contribution in [0.4, 0.5) is 0 Å². The SMILES string of the molecule is ClPCl.[Ru].c1ccc(P(c2ccccc2)c2ccccc2)cc1. The maximum Gasteiger partial charge on any atom is 0.0713 e. The molecule has 0 spiro atoms. The van der Waals surface area contributed by atoms with Crippen molar-refractivity contribution in [1.29, 1.82) is 0 Å². The maximum absolute atomic E-state index is 4.79. The Balaban J connectivity index is 0.000000615. The molecule has 0 unspecified atom stereocenters. The van der Waals surface area contributed by atoms with E-state index in [-0.39, 0.29) is 26.8 Å². The number of benzene rings is 3. The second kappa shape index (κ2) is 12.1. The standard InChI is InChI=1S/C18H15P.Cl2HP.Ru/c1-4-10-16(11-5-1)19(17-12-6-2-7-13-17)18-14-8-3-9-15-18;1-3-2;/h1-15H;3H;. The number of hydrogen-bond acceptors (Lipinski definition) is 0. The van der Waals surface area contributed by atoms with E-state index in [0.717, 1.165) is 0 Å². The van der Waals surface area contributed by atoms with E-state index in [4.69, 9.17) is 22.5 Å². The molecule has 0 bridgehead atoms. The molecule has 3 rings (SSSR count). The van der Waals surface area contributed by atoms with Crippen molar-refractivity contribution in [1.82, 2.24) is 0 Å². The van der Waals surface area contributed by atoms with Gasteiger partial charge in [0.05, 0.1) is 7.29 Å². The minimum atomic E-state index is -0.446. The van der Waals surface area contributed by atoms with Gasteiger partial charge in [0, 0.05) is 19.5 Å². The molecule has 120 valence electrons. The van der Waals surface area contributed by atoms with Crippen molar-refractivity contribution < 1.29 is 19.5 Å². The molecular weight excluding hydrogens is 450 g/mol. The predicted octanol–water partition coefficient (Wildman–Crippen LogP) is 5.41. The maximum atomic E-state index is 4.79. The molecule has 0 amide bonds. The van der Waals surface area contributed by atoms with Crippen LogP contribution in [0.2, 0.25) is 0 Å². The molecular formula is C18H16Cl2P2Ru.